The molecule has 160 valence electrons. The predicted molar refractivity (Wildman–Crippen MR) is 120 cm³/mol. The molecule has 0 unspecified atom stereocenters. The van der Waals surface area contributed by atoms with E-state index in [-0.39, 0.29) is 35.9 Å². The summed E-state index contributed by atoms with van der Waals surface area (Å²) in [5.41, 5.74) is 2.54. The molecule has 8 heteroatoms. The summed E-state index contributed by atoms with van der Waals surface area (Å²) in [6.07, 6.45) is 1.43. The second-order valence-corrected chi connectivity index (χ2v) is 7.14. The molecule has 3 aromatic rings. The Kier molecular flexibility index (Phi) is 7.05. The summed E-state index contributed by atoms with van der Waals surface area (Å²) in [5, 5.41) is 11.3. The average Bonchev–Trinajstić information content (AvgIpc) is 3.29. The molecule has 3 rings (SSSR count). The highest BCUT2D eigenvalue weighted by Crippen LogP contribution is 2.17. The van der Waals surface area contributed by atoms with Gasteiger partial charge in [-0.1, -0.05) is 19.9 Å². The van der Waals surface area contributed by atoms with Crippen LogP contribution >= 0.6 is 0 Å². The topological polar surface area (TPSA) is 112 Å². The van der Waals surface area contributed by atoms with Crippen molar-refractivity contribution in [2.24, 2.45) is 5.92 Å². The van der Waals surface area contributed by atoms with Crippen LogP contribution in [0.2, 0.25) is 0 Å². The van der Waals surface area contributed by atoms with Crippen molar-refractivity contribution in [1.82, 2.24) is 0 Å². The zero-order chi connectivity index (χ0) is 22.2. The molecule has 0 saturated heterocycles. The molecule has 0 saturated carbocycles. The molecule has 0 bridgehead atoms. The van der Waals surface area contributed by atoms with Gasteiger partial charge in [0, 0.05) is 28.7 Å². The van der Waals surface area contributed by atoms with Gasteiger partial charge in [-0.25, -0.2) is 0 Å². The molecule has 0 aliphatic rings. The van der Waals surface area contributed by atoms with E-state index < -0.39 is 0 Å². The smallest absolute Gasteiger partial charge is 0.291 e. The monoisotopic (exact) mass is 420 g/mol. The number of carbonyl (C=O) groups excluding carboxylic acids is 3. The molecule has 1 heterocycles. The summed E-state index contributed by atoms with van der Waals surface area (Å²) in [6.45, 7) is 3.68. The van der Waals surface area contributed by atoms with Crippen LogP contribution in [0, 0.1) is 5.92 Å². The SMILES string of the molecule is CC(C)C(=O)Nc1ccc(NC(=O)CNc2cccc(NC(=O)c3ccco3)c2)cc1. The van der Waals surface area contributed by atoms with Crippen LogP contribution in [0.1, 0.15) is 24.4 Å². The van der Waals surface area contributed by atoms with Crippen molar-refractivity contribution in [3.05, 3.63) is 72.7 Å². The number of hydrogen-bond donors (Lipinski definition) is 4. The zero-order valence-electron chi connectivity index (χ0n) is 17.3. The third kappa shape index (κ3) is 6.46. The van der Waals surface area contributed by atoms with E-state index >= 15 is 0 Å². The molecule has 0 spiro atoms. The summed E-state index contributed by atoms with van der Waals surface area (Å²) < 4.78 is 5.07. The van der Waals surface area contributed by atoms with Gasteiger partial charge in [-0.3, -0.25) is 14.4 Å². The molecule has 3 amide bonds. The number of hydrogen-bond acceptors (Lipinski definition) is 5. The number of carbonyl (C=O) groups is 3. The first-order chi connectivity index (χ1) is 14.9. The van der Waals surface area contributed by atoms with Gasteiger partial charge in [-0.05, 0) is 54.6 Å². The quantitative estimate of drug-likeness (QED) is 0.437. The molecule has 0 aliphatic carbocycles. The van der Waals surface area contributed by atoms with Gasteiger partial charge >= 0.3 is 0 Å². The first-order valence-corrected chi connectivity index (χ1v) is 9.80. The highest BCUT2D eigenvalue weighted by atomic mass is 16.3. The minimum atomic E-state index is -0.354. The van der Waals surface area contributed by atoms with Gasteiger partial charge < -0.3 is 25.7 Å². The van der Waals surface area contributed by atoms with Crippen LogP contribution in [0.25, 0.3) is 0 Å². The van der Waals surface area contributed by atoms with Gasteiger partial charge in [0.15, 0.2) is 5.76 Å². The molecule has 0 radical (unpaired) electrons. The minimum Gasteiger partial charge on any atom is -0.459 e. The summed E-state index contributed by atoms with van der Waals surface area (Å²) in [4.78, 5) is 36.0. The average molecular weight is 420 g/mol. The third-order valence-corrected chi connectivity index (χ3v) is 4.28. The normalized spacial score (nSPS) is 10.4. The lowest BCUT2D eigenvalue weighted by molar-refractivity contribution is -0.119. The van der Waals surface area contributed by atoms with Crippen LogP contribution in [0.4, 0.5) is 22.7 Å². The minimum absolute atomic E-state index is 0.0431. The van der Waals surface area contributed by atoms with Crippen molar-refractivity contribution < 1.29 is 18.8 Å². The molecule has 4 N–H and O–H groups in total. The second kappa shape index (κ2) is 10.1. The van der Waals surface area contributed by atoms with Crippen molar-refractivity contribution in [1.29, 1.82) is 0 Å². The Labute approximate surface area is 180 Å². The Morgan fingerprint density at radius 2 is 1.48 bits per heavy atom. The molecular formula is C23H24N4O4. The lowest BCUT2D eigenvalue weighted by Crippen LogP contribution is -2.22. The summed E-state index contributed by atoms with van der Waals surface area (Å²) in [7, 11) is 0. The molecule has 0 aliphatic heterocycles. The largest absolute Gasteiger partial charge is 0.459 e. The number of benzene rings is 2. The number of amides is 3. The third-order valence-electron chi connectivity index (χ3n) is 4.28. The molecule has 0 fully saturated rings. The van der Waals surface area contributed by atoms with E-state index in [9.17, 15) is 14.4 Å². The Morgan fingerprint density at radius 1 is 0.806 bits per heavy atom. The van der Waals surface area contributed by atoms with E-state index in [0.29, 0.717) is 22.7 Å². The van der Waals surface area contributed by atoms with Crippen LogP contribution < -0.4 is 21.3 Å². The summed E-state index contributed by atoms with van der Waals surface area (Å²) in [5.74, 6) is -0.546. The first kappa shape index (κ1) is 21.6. The van der Waals surface area contributed by atoms with E-state index in [1.54, 1.807) is 60.7 Å². The fourth-order valence-electron chi connectivity index (χ4n) is 2.62. The molecule has 2 aromatic carbocycles. The molecule has 0 atom stereocenters. The Balaban J connectivity index is 1.49. The fraction of sp³-hybridized carbons (Fsp3) is 0.174. The van der Waals surface area contributed by atoms with Crippen LogP contribution in [0.3, 0.4) is 0 Å². The highest BCUT2D eigenvalue weighted by molar-refractivity contribution is 6.02. The second-order valence-electron chi connectivity index (χ2n) is 7.14. The fourth-order valence-corrected chi connectivity index (χ4v) is 2.62. The predicted octanol–water partition coefficient (Wildman–Crippen LogP) is 4.18. The molecule has 31 heavy (non-hydrogen) atoms. The van der Waals surface area contributed by atoms with Crippen LogP contribution in [0.5, 0.6) is 0 Å². The van der Waals surface area contributed by atoms with Crippen molar-refractivity contribution >= 4 is 40.5 Å². The maximum absolute atomic E-state index is 12.2. The Hall–Kier alpha value is -4.07. The molecule has 8 nitrogen and oxygen atoms in total. The molecule has 1 aromatic heterocycles. The highest BCUT2D eigenvalue weighted by Gasteiger charge is 2.10. The first-order valence-electron chi connectivity index (χ1n) is 9.80. The number of rotatable bonds is 8. The standard InChI is InChI=1S/C23H24N4O4/c1-15(2)22(29)26-17-10-8-16(9-11-17)25-21(28)14-24-18-5-3-6-19(13-18)27-23(30)20-7-4-12-31-20/h3-13,15,24H,14H2,1-2H3,(H,25,28)(H,26,29)(H,27,30). The van der Waals surface area contributed by atoms with E-state index in [1.807, 2.05) is 13.8 Å². The van der Waals surface area contributed by atoms with Gasteiger partial charge in [-0.2, -0.15) is 0 Å². The van der Waals surface area contributed by atoms with Gasteiger partial charge in [0.2, 0.25) is 11.8 Å². The van der Waals surface area contributed by atoms with Gasteiger partial charge in [-0.15, -0.1) is 0 Å². The summed E-state index contributed by atoms with van der Waals surface area (Å²) in [6, 6.07) is 17.1. The van der Waals surface area contributed by atoms with Crippen LogP contribution in [-0.2, 0) is 9.59 Å². The van der Waals surface area contributed by atoms with Gasteiger partial charge in [0.1, 0.15) is 0 Å². The maximum atomic E-state index is 12.2. The number of nitrogens with one attached hydrogen (secondary N) is 4. The summed E-state index contributed by atoms with van der Waals surface area (Å²) >= 11 is 0. The van der Waals surface area contributed by atoms with Crippen molar-refractivity contribution in [2.75, 3.05) is 27.8 Å². The Bertz CT molecular complexity index is 1040. The van der Waals surface area contributed by atoms with Crippen LogP contribution in [-0.4, -0.2) is 24.3 Å². The van der Waals surface area contributed by atoms with E-state index in [1.165, 1.54) is 6.26 Å². The van der Waals surface area contributed by atoms with Gasteiger partial charge in [0.25, 0.3) is 5.91 Å². The number of anilines is 4. The lowest BCUT2D eigenvalue weighted by atomic mass is 10.2. The van der Waals surface area contributed by atoms with Crippen molar-refractivity contribution in [3.8, 4) is 0 Å². The van der Waals surface area contributed by atoms with Crippen molar-refractivity contribution in [3.63, 3.8) is 0 Å². The zero-order valence-corrected chi connectivity index (χ0v) is 17.3. The lowest BCUT2D eigenvalue weighted by Gasteiger charge is -2.11. The van der Waals surface area contributed by atoms with E-state index in [2.05, 4.69) is 21.3 Å². The number of furan rings is 1. The van der Waals surface area contributed by atoms with E-state index in [4.69, 9.17) is 4.42 Å². The maximum Gasteiger partial charge on any atom is 0.291 e. The molecular weight excluding hydrogens is 396 g/mol. The van der Waals surface area contributed by atoms with Crippen molar-refractivity contribution in [2.45, 2.75) is 13.8 Å². The van der Waals surface area contributed by atoms with E-state index in [0.717, 1.165) is 0 Å². The Morgan fingerprint density at radius 3 is 2.13 bits per heavy atom. The van der Waals surface area contributed by atoms with Gasteiger partial charge in [0.05, 0.1) is 12.8 Å². The van der Waals surface area contributed by atoms with Crippen LogP contribution in [0.15, 0.2) is 71.3 Å².